The van der Waals surface area contributed by atoms with E-state index in [4.69, 9.17) is 15.7 Å². The fraction of sp³-hybridized carbons (Fsp3) is 0.105. The van der Waals surface area contributed by atoms with E-state index in [9.17, 15) is 4.79 Å². The Morgan fingerprint density at radius 1 is 1.24 bits per heavy atom. The summed E-state index contributed by atoms with van der Waals surface area (Å²) in [5.41, 5.74) is 8.61. The van der Waals surface area contributed by atoms with Gasteiger partial charge in [0.15, 0.2) is 12.3 Å². The Morgan fingerprint density at radius 3 is 2.86 bits per heavy atom. The lowest BCUT2D eigenvalue weighted by Gasteiger charge is -2.07. The van der Waals surface area contributed by atoms with Gasteiger partial charge >= 0.3 is 0 Å². The van der Waals surface area contributed by atoms with Crippen LogP contribution in [-0.4, -0.2) is 36.9 Å². The van der Waals surface area contributed by atoms with Gasteiger partial charge in [-0.25, -0.2) is 4.52 Å². The van der Waals surface area contributed by atoms with E-state index in [1.165, 1.54) is 0 Å². The minimum absolute atomic E-state index is 0.0231. The van der Waals surface area contributed by atoms with Crippen LogP contribution in [-0.2, 0) is 11.3 Å². The molecule has 1 aromatic carbocycles. The van der Waals surface area contributed by atoms with Crippen LogP contribution in [0.1, 0.15) is 0 Å². The van der Waals surface area contributed by atoms with Gasteiger partial charge in [-0.3, -0.25) is 9.48 Å². The first-order chi connectivity index (χ1) is 14.1. The van der Waals surface area contributed by atoms with Gasteiger partial charge in [-0.15, -0.1) is 5.10 Å². The Labute approximate surface area is 165 Å². The second-order valence-electron chi connectivity index (χ2n) is 6.13. The summed E-state index contributed by atoms with van der Waals surface area (Å²) in [4.78, 5) is 16.4. The number of pyridine rings is 1. The molecule has 0 bridgehead atoms. The topological polar surface area (TPSA) is 136 Å². The zero-order chi connectivity index (χ0) is 20.2. The number of nitrogens with zero attached hydrogens (tertiary/aromatic N) is 6. The number of amides is 1. The smallest absolute Gasteiger partial charge is 0.246 e. The Morgan fingerprint density at radius 2 is 2.07 bits per heavy atom. The van der Waals surface area contributed by atoms with Crippen molar-refractivity contribution >= 4 is 23.2 Å². The predicted molar refractivity (Wildman–Crippen MR) is 105 cm³/mol. The van der Waals surface area contributed by atoms with Gasteiger partial charge in [0.25, 0.3) is 0 Å². The van der Waals surface area contributed by atoms with Gasteiger partial charge in [0.1, 0.15) is 18.4 Å². The van der Waals surface area contributed by atoms with Gasteiger partial charge in [0, 0.05) is 23.6 Å². The maximum atomic E-state index is 12.3. The van der Waals surface area contributed by atoms with Crippen LogP contribution in [0.5, 0.6) is 5.75 Å². The van der Waals surface area contributed by atoms with Crippen molar-refractivity contribution in [2.75, 3.05) is 17.7 Å². The van der Waals surface area contributed by atoms with Gasteiger partial charge in [0.2, 0.25) is 11.9 Å². The van der Waals surface area contributed by atoms with Gasteiger partial charge < -0.3 is 15.8 Å². The summed E-state index contributed by atoms with van der Waals surface area (Å²) < 4.78 is 8.32. The molecule has 0 spiro atoms. The van der Waals surface area contributed by atoms with E-state index in [0.29, 0.717) is 17.1 Å². The molecule has 0 saturated heterocycles. The molecule has 4 rings (SSSR count). The number of carbonyl (C=O) groups is 1. The maximum absolute atomic E-state index is 12.3. The second kappa shape index (κ2) is 7.69. The maximum Gasteiger partial charge on any atom is 0.246 e. The number of nitrogens with one attached hydrogen (secondary N) is 1. The normalized spacial score (nSPS) is 10.6. The first-order valence-corrected chi connectivity index (χ1v) is 8.65. The predicted octanol–water partition coefficient (Wildman–Crippen LogP) is 1.72. The van der Waals surface area contributed by atoms with Gasteiger partial charge in [-0.2, -0.15) is 15.3 Å². The molecule has 29 heavy (non-hydrogen) atoms. The van der Waals surface area contributed by atoms with E-state index in [0.717, 1.165) is 11.1 Å². The first kappa shape index (κ1) is 18.0. The van der Waals surface area contributed by atoms with Gasteiger partial charge in [-0.05, 0) is 42.0 Å². The van der Waals surface area contributed by atoms with Crippen molar-refractivity contribution in [2.45, 2.75) is 6.54 Å². The van der Waals surface area contributed by atoms with E-state index in [1.54, 1.807) is 52.1 Å². The molecule has 0 saturated carbocycles. The fourth-order valence-corrected chi connectivity index (χ4v) is 2.78. The van der Waals surface area contributed by atoms with E-state index in [2.05, 4.69) is 20.5 Å². The molecule has 0 aliphatic heterocycles. The molecule has 0 unspecified atom stereocenters. The number of nitrogen functional groups attached to an aromatic ring is 1. The van der Waals surface area contributed by atoms with Crippen molar-refractivity contribution in [1.29, 1.82) is 5.26 Å². The van der Waals surface area contributed by atoms with E-state index < -0.39 is 0 Å². The van der Waals surface area contributed by atoms with Crippen molar-refractivity contribution in [3.05, 3.63) is 55.0 Å². The molecule has 10 nitrogen and oxygen atoms in total. The highest BCUT2D eigenvalue weighted by Crippen LogP contribution is 2.20. The summed E-state index contributed by atoms with van der Waals surface area (Å²) in [6, 6.07) is 12.4. The van der Waals surface area contributed by atoms with Gasteiger partial charge in [0.05, 0.1) is 6.20 Å². The summed E-state index contributed by atoms with van der Waals surface area (Å²) >= 11 is 0. The molecule has 144 valence electrons. The zero-order valence-corrected chi connectivity index (χ0v) is 15.2. The minimum atomic E-state index is -0.217. The number of hydrogen-bond acceptors (Lipinski definition) is 7. The number of hydrogen-bond donors (Lipinski definition) is 2. The number of ether oxygens (including phenoxy) is 1. The highest BCUT2D eigenvalue weighted by atomic mass is 16.5. The summed E-state index contributed by atoms with van der Waals surface area (Å²) in [6.07, 6.45) is 5.23. The van der Waals surface area contributed by atoms with Crippen LogP contribution in [0.2, 0.25) is 0 Å². The van der Waals surface area contributed by atoms with Crippen molar-refractivity contribution in [3.63, 3.8) is 0 Å². The molecule has 1 amide bonds. The molecule has 3 N–H and O–H groups in total. The highest BCUT2D eigenvalue weighted by Gasteiger charge is 2.09. The Hall–Kier alpha value is -4.39. The van der Waals surface area contributed by atoms with Crippen molar-refractivity contribution in [2.24, 2.45) is 0 Å². The third kappa shape index (κ3) is 4.14. The number of anilines is 2. The molecular weight excluding hydrogens is 372 g/mol. The van der Waals surface area contributed by atoms with Crippen LogP contribution in [0.4, 0.5) is 11.6 Å². The highest BCUT2D eigenvalue weighted by molar-refractivity contribution is 5.90. The largest absolute Gasteiger partial charge is 0.479 e. The number of aromatic nitrogens is 5. The quantitative estimate of drug-likeness (QED) is 0.513. The number of nitriles is 1. The second-order valence-corrected chi connectivity index (χ2v) is 6.13. The van der Waals surface area contributed by atoms with Crippen LogP contribution in [0, 0.1) is 11.3 Å². The molecular formula is C19H16N8O2. The molecule has 0 aliphatic carbocycles. The van der Waals surface area contributed by atoms with Crippen molar-refractivity contribution in [3.8, 4) is 22.9 Å². The lowest BCUT2D eigenvalue weighted by Crippen LogP contribution is -2.18. The first-order valence-electron chi connectivity index (χ1n) is 8.65. The molecule has 4 aromatic rings. The molecule has 0 radical (unpaired) electrons. The molecule has 3 aromatic heterocycles. The zero-order valence-electron chi connectivity index (χ0n) is 15.2. The SMILES string of the molecule is N#CCOc1ccc(NC(=O)Cn2cc(-c3ccn4nc(N)nc4c3)cn2)cc1. The Balaban J connectivity index is 1.40. The Bertz CT molecular complexity index is 1200. The van der Waals surface area contributed by atoms with E-state index >= 15 is 0 Å². The van der Waals surface area contributed by atoms with Crippen LogP contribution in [0.25, 0.3) is 16.8 Å². The molecule has 3 heterocycles. The van der Waals surface area contributed by atoms with Crippen LogP contribution in [0.3, 0.4) is 0 Å². The summed E-state index contributed by atoms with van der Waals surface area (Å²) in [7, 11) is 0. The summed E-state index contributed by atoms with van der Waals surface area (Å²) in [6.45, 7) is 0.0392. The molecule has 10 heteroatoms. The van der Waals surface area contributed by atoms with Crippen LogP contribution in [0.15, 0.2) is 55.0 Å². The lowest BCUT2D eigenvalue weighted by atomic mass is 10.1. The minimum Gasteiger partial charge on any atom is -0.479 e. The van der Waals surface area contributed by atoms with E-state index in [1.807, 2.05) is 18.2 Å². The lowest BCUT2D eigenvalue weighted by molar-refractivity contribution is -0.116. The van der Waals surface area contributed by atoms with Crippen molar-refractivity contribution in [1.82, 2.24) is 24.4 Å². The van der Waals surface area contributed by atoms with Crippen LogP contribution >= 0.6 is 0 Å². The average Bonchev–Trinajstić information content (AvgIpc) is 3.32. The number of carbonyl (C=O) groups excluding carboxylic acids is 1. The molecule has 0 atom stereocenters. The number of nitrogens with two attached hydrogens (primary N) is 1. The Kier molecular flexibility index (Phi) is 4.77. The number of rotatable bonds is 6. The monoisotopic (exact) mass is 388 g/mol. The third-order valence-electron chi connectivity index (χ3n) is 4.07. The number of benzene rings is 1. The molecule has 0 aliphatic rings. The third-order valence-corrected chi connectivity index (χ3v) is 4.07. The summed E-state index contributed by atoms with van der Waals surface area (Å²) in [5.74, 6) is 0.554. The van der Waals surface area contributed by atoms with Crippen LogP contribution < -0.4 is 15.8 Å². The summed E-state index contributed by atoms with van der Waals surface area (Å²) in [5, 5.41) is 19.6. The standard InChI is InChI=1S/C19H16N8O2/c20-6-8-29-16-3-1-15(2-4-16)23-18(28)12-26-11-14(10-22-26)13-5-7-27-17(9-13)24-19(21)25-27/h1-5,7,9-11H,8,12H2,(H2,21,25)(H,23,28). The van der Waals surface area contributed by atoms with E-state index in [-0.39, 0.29) is 25.0 Å². The van der Waals surface area contributed by atoms with Gasteiger partial charge in [-0.1, -0.05) is 0 Å². The average molecular weight is 388 g/mol. The van der Waals surface area contributed by atoms with Crippen molar-refractivity contribution < 1.29 is 9.53 Å². The fourth-order valence-electron chi connectivity index (χ4n) is 2.78. The number of fused-ring (bicyclic) bond motifs is 1. The molecule has 0 fully saturated rings.